The number of pyridine rings is 1. The molecule has 0 aliphatic carbocycles. The van der Waals surface area contributed by atoms with Gasteiger partial charge >= 0.3 is 0 Å². The van der Waals surface area contributed by atoms with Crippen molar-refractivity contribution in [2.75, 3.05) is 19.5 Å². The highest BCUT2D eigenvalue weighted by molar-refractivity contribution is 6.32. The molecule has 1 N–H and O–H groups in total. The van der Waals surface area contributed by atoms with Crippen molar-refractivity contribution < 1.29 is 22.6 Å². The Morgan fingerprint density at radius 2 is 1.67 bits per heavy atom. The molecular weight excluding hydrogens is 309 g/mol. The van der Waals surface area contributed by atoms with E-state index in [0.29, 0.717) is 11.8 Å². The van der Waals surface area contributed by atoms with E-state index in [1.807, 2.05) is 0 Å². The van der Waals surface area contributed by atoms with Crippen molar-refractivity contribution in [1.29, 1.82) is 0 Å². The first-order valence-electron chi connectivity index (χ1n) is 5.66. The van der Waals surface area contributed by atoms with Crippen LogP contribution in [0.1, 0.15) is 0 Å². The number of halogens is 4. The van der Waals surface area contributed by atoms with Gasteiger partial charge in [-0.1, -0.05) is 11.6 Å². The molecule has 1 aromatic carbocycles. The molecule has 0 radical (unpaired) electrons. The molecule has 0 unspecified atom stereocenters. The first-order chi connectivity index (χ1) is 9.96. The van der Waals surface area contributed by atoms with Gasteiger partial charge in [-0.3, -0.25) is 0 Å². The minimum absolute atomic E-state index is 0.233. The fourth-order valence-electron chi connectivity index (χ4n) is 1.62. The van der Waals surface area contributed by atoms with Gasteiger partial charge in [-0.2, -0.15) is 9.37 Å². The Balaban J connectivity index is 2.45. The lowest BCUT2D eigenvalue weighted by atomic mass is 10.2. The molecule has 0 fully saturated rings. The van der Waals surface area contributed by atoms with Crippen LogP contribution < -0.4 is 14.8 Å². The van der Waals surface area contributed by atoms with E-state index < -0.39 is 23.4 Å². The van der Waals surface area contributed by atoms with Crippen molar-refractivity contribution in [3.05, 3.63) is 40.8 Å². The predicted octanol–water partition coefficient (Wildman–Crippen LogP) is 3.91. The molecule has 21 heavy (non-hydrogen) atoms. The normalized spacial score (nSPS) is 10.4. The second-order valence-corrected chi connectivity index (χ2v) is 4.31. The van der Waals surface area contributed by atoms with E-state index >= 15 is 0 Å². The Bertz CT molecular complexity index is 683. The van der Waals surface area contributed by atoms with Gasteiger partial charge in [-0.05, 0) is 0 Å². The summed E-state index contributed by atoms with van der Waals surface area (Å²) in [4.78, 5) is 3.16. The van der Waals surface area contributed by atoms with Crippen molar-refractivity contribution in [2.24, 2.45) is 0 Å². The largest absolute Gasteiger partial charge is 0.495 e. The smallest absolute Gasteiger partial charge is 0.251 e. The lowest BCUT2D eigenvalue weighted by Crippen LogP contribution is -2.03. The number of hydrogen-bond donors (Lipinski definition) is 1. The maximum Gasteiger partial charge on any atom is 0.251 e. The van der Waals surface area contributed by atoms with E-state index in [1.54, 1.807) is 0 Å². The average molecular weight is 319 g/mol. The number of benzene rings is 1. The topological polar surface area (TPSA) is 43.4 Å². The first-order valence-corrected chi connectivity index (χ1v) is 6.04. The molecule has 0 saturated carbocycles. The van der Waals surface area contributed by atoms with Crippen LogP contribution in [0.5, 0.6) is 11.5 Å². The molecule has 4 nitrogen and oxygen atoms in total. The SMILES string of the molecule is COc1cc(Nc2nc(F)c(F)cc2F)c(OC)cc1Cl. The molecule has 112 valence electrons. The fraction of sp³-hybridized carbons (Fsp3) is 0.154. The van der Waals surface area contributed by atoms with Gasteiger partial charge in [0.1, 0.15) is 11.5 Å². The van der Waals surface area contributed by atoms with E-state index in [1.165, 1.54) is 26.4 Å². The van der Waals surface area contributed by atoms with Gasteiger partial charge in [0.2, 0.25) is 0 Å². The van der Waals surface area contributed by atoms with Gasteiger partial charge in [-0.15, -0.1) is 0 Å². The molecule has 8 heteroatoms. The lowest BCUT2D eigenvalue weighted by Gasteiger charge is -2.14. The van der Waals surface area contributed by atoms with Crippen LogP contribution in [0, 0.1) is 17.6 Å². The van der Waals surface area contributed by atoms with Gasteiger partial charge in [0.05, 0.1) is 24.9 Å². The summed E-state index contributed by atoms with van der Waals surface area (Å²) in [6.45, 7) is 0. The number of aromatic nitrogens is 1. The quantitative estimate of drug-likeness (QED) is 0.868. The predicted molar refractivity (Wildman–Crippen MR) is 71.9 cm³/mol. The second kappa shape index (κ2) is 6.09. The zero-order valence-corrected chi connectivity index (χ0v) is 11.8. The third kappa shape index (κ3) is 3.13. The number of ether oxygens (including phenoxy) is 2. The number of nitrogens with zero attached hydrogens (tertiary/aromatic N) is 1. The standard InChI is InChI=1S/C13H10ClF3N2O2/c1-20-10-5-9(11(21-2)3-6(10)14)18-13-8(16)4-7(15)12(17)19-13/h3-5H,1-2H3,(H,18,19). The van der Waals surface area contributed by atoms with Crippen LogP contribution >= 0.6 is 11.6 Å². The Hall–Kier alpha value is -2.15. The minimum Gasteiger partial charge on any atom is -0.495 e. The number of nitrogens with one attached hydrogen (secondary N) is 1. The second-order valence-electron chi connectivity index (χ2n) is 3.90. The van der Waals surface area contributed by atoms with Crippen molar-refractivity contribution in [3.63, 3.8) is 0 Å². The van der Waals surface area contributed by atoms with Crippen LogP contribution in [-0.4, -0.2) is 19.2 Å². The highest BCUT2D eigenvalue weighted by Crippen LogP contribution is 2.37. The minimum atomic E-state index is -1.42. The summed E-state index contributed by atoms with van der Waals surface area (Å²) in [6.07, 6.45) is 0. The fourth-order valence-corrected chi connectivity index (χ4v) is 1.85. The lowest BCUT2D eigenvalue weighted by molar-refractivity contribution is 0.405. The van der Waals surface area contributed by atoms with Crippen LogP contribution in [0.3, 0.4) is 0 Å². The van der Waals surface area contributed by atoms with E-state index in [2.05, 4.69) is 10.3 Å². The van der Waals surface area contributed by atoms with Crippen LogP contribution in [0.2, 0.25) is 5.02 Å². The summed E-state index contributed by atoms with van der Waals surface area (Å²) >= 11 is 5.93. The molecule has 0 aliphatic heterocycles. The molecule has 0 aliphatic rings. The van der Waals surface area contributed by atoms with Gasteiger partial charge in [0.25, 0.3) is 5.95 Å². The molecule has 2 aromatic rings. The third-order valence-electron chi connectivity index (χ3n) is 2.61. The highest BCUT2D eigenvalue weighted by Gasteiger charge is 2.15. The summed E-state index contributed by atoms with van der Waals surface area (Å²) in [7, 11) is 2.77. The van der Waals surface area contributed by atoms with Crippen LogP contribution in [0.15, 0.2) is 18.2 Å². The highest BCUT2D eigenvalue weighted by atomic mass is 35.5. The zero-order valence-electron chi connectivity index (χ0n) is 11.0. The van der Waals surface area contributed by atoms with Gasteiger partial charge in [0.15, 0.2) is 17.5 Å². The Labute approximate surface area is 123 Å². The summed E-state index contributed by atoms with van der Waals surface area (Å²) < 4.78 is 49.6. The Morgan fingerprint density at radius 3 is 2.29 bits per heavy atom. The Morgan fingerprint density at radius 1 is 1.00 bits per heavy atom. The number of methoxy groups -OCH3 is 2. The molecule has 0 saturated heterocycles. The molecule has 1 aromatic heterocycles. The molecule has 1 heterocycles. The van der Waals surface area contributed by atoms with Crippen LogP contribution in [0.25, 0.3) is 0 Å². The van der Waals surface area contributed by atoms with E-state index in [9.17, 15) is 13.2 Å². The van der Waals surface area contributed by atoms with E-state index in [4.69, 9.17) is 21.1 Å². The summed E-state index contributed by atoms with van der Waals surface area (Å²) in [5, 5.41) is 2.78. The van der Waals surface area contributed by atoms with Crippen molar-refractivity contribution in [1.82, 2.24) is 4.98 Å². The molecule has 0 bridgehead atoms. The maximum absolute atomic E-state index is 13.6. The molecular formula is C13H10ClF3N2O2. The summed E-state index contributed by atoms with van der Waals surface area (Å²) in [6, 6.07) is 3.24. The van der Waals surface area contributed by atoms with Gasteiger partial charge in [0, 0.05) is 18.2 Å². The van der Waals surface area contributed by atoms with Crippen molar-refractivity contribution in [2.45, 2.75) is 0 Å². The van der Waals surface area contributed by atoms with Crippen LogP contribution in [-0.2, 0) is 0 Å². The van der Waals surface area contributed by atoms with Crippen molar-refractivity contribution >= 4 is 23.1 Å². The van der Waals surface area contributed by atoms with Crippen LogP contribution in [0.4, 0.5) is 24.7 Å². The van der Waals surface area contributed by atoms with E-state index in [0.717, 1.165) is 0 Å². The number of anilines is 2. The monoisotopic (exact) mass is 318 g/mol. The zero-order chi connectivity index (χ0) is 15.6. The van der Waals surface area contributed by atoms with Gasteiger partial charge in [-0.25, -0.2) is 8.78 Å². The maximum atomic E-state index is 13.6. The summed E-state index contributed by atoms with van der Waals surface area (Å²) in [5.74, 6) is -3.78. The molecule has 0 atom stereocenters. The van der Waals surface area contributed by atoms with Gasteiger partial charge < -0.3 is 14.8 Å². The van der Waals surface area contributed by atoms with E-state index in [-0.39, 0.29) is 16.5 Å². The summed E-state index contributed by atoms with van der Waals surface area (Å²) in [5.41, 5.74) is 0.233. The average Bonchev–Trinajstić information content (AvgIpc) is 2.45. The number of rotatable bonds is 4. The molecule has 2 rings (SSSR count). The first kappa shape index (κ1) is 15.2. The number of hydrogen-bond acceptors (Lipinski definition) is 4. The molecule has 0 amide bonds. The third-order valence-corrected chi connectivity index (χ3v) is 2.91. The van der Waals surface area contributed by atoms with Crippen molar-refractivity contribution in [3.8, 4) is 11.5 Å². The Kier molecular flexibility index (Phi) is 4.42. The molecule has 0 spiro atoms.